The van der Waals surface area contributed by atoms with Crippen molar-refractivity contribution >= 4 is 5.78 Å². The molecule has 1 aliphatic rings. The van der Waals surface area contributed by atoms with E-state index in [0.29, 0.717) is 19.0 Å². The van der Waals surface area contributed by atoms with E-state index in [0.717, 1.165) is 31.5 Å². The van der Waals surface area contributed by atoms with Gasteiger partial charge in [-0.25, -0.2) is 0 Å². The van der Waals surface area contributed by atoms with Crippen LogP contribution in [-0.4, -0.2) is 41.5 Å². The SMILES string of the molecule is NC1CCN(CC(=O)Cc2ccc(O)cc2)CC1. The molecule has 0 bridgehead atoms. The molecule has 0 unspecified atom stereocenters. The molecule has 0 amide bonds. The number of carbonyl (C=O) groups excluding carboxylic acids is 1. The summed E-state index contributed by atoms with van der Waals surface area (Å²) >= 11 is 0. The summed E-state index contributed by atoms with van der Waals surface area (Å²) in [7, 11) is 0. The predicted octanol–water partition coefficient (Wildman–Crippen LogP) is 0.927. The number of carbonyl (C=O) groups is 1. The van der Waals surface area contributed by atoms with Crippen molar-refractivity contribution in [1.29, 1.82) is 0 Å². The number of nitrogens with zero attached hydrogens (tertiary/aromatic N) is 1. The highest BCUT2D eigenvalue weighted by Gasteiger charge is 2.18. The van der Waals surface area contributed by atoms with Gasteiger partial charge in [-0.2, -0.15) is 0 Å². The van der Waals surface area contributed by atoms with E-state index in [9.17, 15) is 9.90 Å². The summed E-state index contributed by atoms with van der Waals surface area (Å²) in [4.78, 5) is 14.1. The zero-order chi connectivity index (χ0) is 13.0. The second kappa shape index (κ2) is 5.98. The number of piperidine rings is 1. The van der Waals surface area contributed by atoms with Crippen LogP contribution in [0.15, 0.2) is 24.3 Å². The molecule has 1 heterocycles. The first-order valence-electron chi connectivity index (χ1n) is 6.41. The second-order valence-corrected chi connectivity index (χ2v) is 5.00. The standard InChI is InChI=1S/C14H20N2O2/c15-12-5-7-16(8-6-12)10-14(18)9-11-1-3-13(17)4-2-11/h1-4,12,17H,5-10,15H2. The Kier molecular flexibility index (Phi) is 4.33. The third-order valence-corrected chi connectivity index (χ3v) is 3.37. The molecule has 0 radical (unpaired) electrons. The quantitative estimate of drug-likeness (QED) is 0.831. The molecule has 3 N–H and O–H groups in total. The van der Waals surface area contributed by atoms with Gasteiger partial charge in [-0.3, -0.25) is 9.69 Å². The van der Waals surface area contributed by atoms with Crippen molar-refractivity contribution < 1.29 is 9.90 Å². The molecule has 1 saturated heterocycles. The maximum Gasteiger partial charge on any atom is 0.151 e. The van der Waals surface area contributed by atoms with E-state index < -0.39 is 0 Å². The highest BCUT2D eigenvalue weighted by Crippen LogP contribution is 2.12. The minimum absolute atomic E-state index is 0.219. The smallest absolute Gasteiger partial charge is 0.151 e. The van der Waals surface area contributed by atoms with E-state index in [1.807, 2.05) is 0 Å². The van der Waals surface area contributed by atoms with Gasteiger partial charge in [0.1, 0.15) is 5.75 Å². The zero-order valence-corrected chi connectivity index (χ0v) is 10.5. The van der Waals surface area contributed by atoms with Gasteiger partial charge in [-0.15, -0.1) is 0 Å². The molecule has 1 aromatic rings. The lowest BCUT2D eigenvalue weighted by Crippen LogP contribution is -2.42. The first-order valence-corrected chi connectivity index (χ1v) is 6.41. The van der Waals surface area contributed by atoms with Crippen LogP contribution < -0.4 is 5.73 Å². The third kappa shape index (κ3) is 3.82. The monoisotopic (exact) mass is 248 g/mol. The fraction of sp³-hybridized carbons (Fsp3) is 0.500. The average Bonchev–Trinajstić information content (AvgIpc) is 2.35. The molecule has 98 valence electrons. The largest absolute Gasteiger partial charge is 0.508 e. The number of benzene rings is 1. The Bertz CT molecular complexity index is 395. The van der Waals surface area contributed by atoms with Crippen LogP contribution in [0.25, 0.3) is 0 Å². The molecule has 1 aliphatic heterocycles. The summed E-state index contributed by atoms with van der Waals surface area (Å²) in [6.07, 6.45) is 2.39. The van der Waals surface area contributed by atoms with Gasteiger partial charge < -0.3 is 10.8 Å². The summed E-state index contributed by atoms with van der Waals surface area (Å²) in [6.45, 7) is 2.35. The van der Waals surface area contributed by atoms with Gasteiger partial charge in [0.15, 0.2) is 5.78 Å². The van der Waals surface area contributed by atoms with Crippen LogP contribution in [0.4, 0.5) is 0 Å². The number of hydrogen-bond acceptors (Lipinski definition) is 4. The topological polar surface area (TPSA) is 66.6 Å². The van der Waals surface area contributed by atoms with Crippen molar-refractivity contribution in [1.82, 2.24) is 4.90 Å². The number of phenols is 1. The van der Waals surface area contributed by atoms with Gasteiger partial charge >= 0.3 is 0 Å². The lowest BCUT2D eigenvalue weighted by atomic mass is 10.0. The lowest BCUT2D eigenvalue weighted by molar-refractivity contribution is -0.119. The molecule has 4 heteroatoms. The van der Waals surface area contributed by atoms with Crippen molar-refractivity contribution in [2.45, 2.75) is 25.3 Å². The van der Waals surface area contributed by atoms with Gasteiger partial charge in [0, 0.05) is 25.6 Å². The van der Waals surface area contributed by atoms with Crippen LogP contribution in [-0.2, 0) is 11.2 Å². The molecular formula is C14H20N2O2. The van der Waals surface area contributed by atoms with E-state index >= 15 is 0 Å². The summed E-state index contributed by atoms with van der Waals surface area (Å²) in [6, 6.07) is 7.11. The van der Waals surface area contributed by atoms with Crippen LogP contribution in [0.2, 0.25) is 0 Å². The minimum Gasteiger partial charge on any atom is -0.508 e. The summed E-state index contributed by atoms with van der Waals surface area (Å²) in [5.41, 5.74) is 6.78. The van der Waals surface area contributed by atoms with E-state index in [1.54, 1.807) is 24.3 Å². The highest BCUT2D eigenvalue weighted by atomic mass is 16.3. The number of nitrogens with two attached hydrogens (primary N) is 1. The number of phenolic OH excluding ortho intramolecular Hbond substituents is 1. The van der Waals surface area contributed by atoms with E-state index in [1.165, 1.54) is 0 Å². The van der Waals surface area contributed by atoms with E-state index in [4.69, 9.17) is 5.73 Å². The maximum absolute atomic E-state index is 11.9. The normalized spacial score (nSPS) is 17.8. The molecule has 0 aromatic heterocycles. The van der Waals surface area contributed by atoms with Gasteiger partial charge in [0.25, 0.3) is 0 Å². The van der Waals surface area contributed by atoms with Gasteiger partial charge in [-0.05, 0) is 30.5 Å². The average molecular weight is 248 g/mol. The van der Waals surface area contributed by atoms with Crippen LogP contribution in [0.5, 0.6) is 5.75 Å². The summed E-state index contributed by atoms with van der Waals surface area (Å²) in [5, 5.41) is 9.17. The Hall–Kier alpha value is -1.39. The van der Waals surface area contributed by atoms with Gasteiger partial charge in [0.05, 0.1) is 6.54 Å². The minimum atomic E-state index is 0.219. The van der Waals surface area contributed by atoms with E-state index in [2.05, 4.69) is 4.90 Å². The number of likely N-dealkylation sites (tertiary alicyclic amines) is 1. The van der Waals surface area contributed by atoms with Crippen LogP contribution in [0.3, 0.4) is 0 Å². The summed E-state index contributed by atoms with van der Waals surface area (Å²) < 4.78 is 0. The Balaban J connectivity index is 1.80. The fourth-order valence-electron chi connectivity index (χ4n) is 2.26. The number of Topliss-reactive ketones (excluding diaryl/α,β-unsaturated/α-hetero) is 1. The molecule has 18 heavy (non-hydrogen) atoms. The van der Waals surface area contributed by atoms with Crippen molar-refractivity contribution in [3.63, 3.8) is 0 Å². The zero-order valence-electron chi connectivity index (χ0n) is 10.5. The lowest BCUT2D eigenvalue weighted by Gasteiger charge is -2.29. The molecule has 4 nitrogen and oxygen atoms in total. The molecule has 0 aliphatic carbocycles. The van der Waals surface area contributed by atoms with Crippen molar-refractivity contribution in [3.05, 3.63) is 29.8 Å². The Morgan fingerprint density at radius 3 is 2.50 bits per heavy atom. The predicted molar refractivity (Wildman–Crippen MR) is 70.5 cm³/mol. The number of rotatable bonds is 4. The van der Waals surface area contributed by atoms with E-state index in [-0.39, 0.29) is 11.5 Å². The molecule has 0 saturated carbocycles. The first kappa shape index (κ1) is 13.1. The Morgan fingerprint density at radius 2 is 1.89 bits per heavy atom. The van der Waals surface area contributed by atoms with Crippen molar-refractivity contribution in [3.8, 4) is 5.75 Å². The Labute approximate surface area is 107 Å². The maximum atomic E-state index is 11.9. The number of hydrogen-bond donors (Lipinski definition) is 2. The highest BCUT2D eigenvalue weighted by molar-refractivity contribution is 5.82. The summed E-state index contributed by atoms with van der Waals surface area (Å²) in [5.74, 6) is 0.451. The third-order valence-electron chi connectivity index (χ3n) is 3.37. The van der Waals surface area contributed by atoms with Crippen LogP contribution in [0, 0.1) is 0 Å². The number of ketones is 1. The second-order valence-electron chi connectivity index (χ2n) is 5.00. The van der Waals surface area contributed by atoms with Crippen LogP contribution in [0.1, 0.15) is 18.4 Å². The van der Waals surface area contributed by atoms with Crippen LogP contribution >= 0.6 is 0 Å². The fourth-order valence-corrected chi connectivity index (χ4v) is 2.26. The molecular weight excluding hydrogens is 228 g/mol. The number of aromatic hydroxyl groups is 1. The first-order chi connectivity index (χ1) is 8.63. The van der Waals surface area contributed by atoms with Crippen molar-refractivity contribution in [2.24, 2.45) is 5.73 Å². The molecule has 1 aromatic carbocycles. The van der Waals surface area contributed by atoms with Crippen molar-refractivity contribution in [2.75, 3.05) is 19.6 Å². The molecule has 1 fully saturated rings. The van der Waals surface area contributed by atoms with Gasteiger partial charge in [-0.1, -0.05) is 12.1 Å². The van der Waals surface area contributed by atoms with Gasteiger partial charge in [0.2, 0.25) is 0 Å². The molecule has 0 atom stereocenters. The molecule has 2 rings (SSSR count). The molecule has 0 spiro atoms. The Morgan fingerprint density at radius 1 is 1.28 bits per heavy atom.